The van der Waals surface area contributed by atoms with Gasteiger partial charge in [-0.3, -0.25) is 4.79 Å². The molecule has 9 atom stereocenters. The zero-order chi connectivity index (χ0) is 36.3. The summed E-state index contributed by atoms with van der Waals surface area (Å²) < 4.78 is 41.9. The fourth-order valence-corrected chi connectivity index (χ4v) is 7.31. The molecule has 3 saturated heterocycles. The van der Waals surface area contributed by atoms with Crippen molar-refractivity contribution in [3.63, 3.8) is 0 Å². The van der Waals surface area contributed by atoms with Gasteiger partial charge in [0.05, 0.1) is 56.6 Å². The van der Waals surface area contributed by atoms with E-state index >= 15 is 0 Å². The van der Waals surface area contributed by atoms with E-state index in [9.17, 15) is 24.9 Å². The lowest BCUT2D eigenvalue weighted by Crippen LogP contribution is -2.62. The predicted octanol–water partition coefficient (Wildman–Crippen LogP) is 4.92. The van der Waals surface area contributed by atoms with Crippen molar-refractivity contribution in [2.24, 2.45) is 5.41 Å². The summed E-state index contributed by atoms with van der Waals surface area (Å²) in [5.41, 5.74) is -0.925. The van der Waals surface area contributed by atoms with Gasteiger partial charge in [0.25, 0.3) is 0 Å². The molecule has 1 unspecified atom stereocenters. The van der Waals surface area contributed by atoms with E-state index < -0.39 is 60.5 Å². The Bertz CT molecular complexity index is 1180. The highest BCUT2D eigenvalue weighted by molar-refractivity contribution is 5.83. The molecule has 6 bridgehead atoms. The van der Waals surface area contributed by atoms with Crippen molar-refractivity contribution in [1.82, 2.24) is 0 Å². The SMILES string of the molecule is C=C1C[C@H](O)C[C@@H]2CCC[C@H](C[C@@H]3CO[C@H](/C=C/C(C)(C)[C@]4(O)OC(C/C(=C\C(=O)OC)[C@@H]4OC(=O)CCCCCCC)C[C@H](CO)O1)O3)O2. The van der Waals surface area contributed by atoms with Crippen LogP contribution in [0, 0.1) is 5.41 Å². The number of rotatable bonds is 9. The third-order valence-corrected chi connectivity index (χ3v) is 10.1. The van der Waals surface area contributed by atoms with Crippen LogP contribution < -0.4 is 0 Å². The highest BCUT2D eigenvalue weighted by Crippen LogP contribution is 2.47. The molecule has 3 fully saturated rings. The highest BCUT2D eigenvalue weighted by Gasteiger charge is 2.57. The molecular weight excluding hydrogens is 648 g/mol. The van der Waals surface area contributed by atoms with Crippen molar-refractivity contribution in [2.45, 2.75) is 165 Å². The minimum Gasteiger partial charge on any atom is -0.493 e. The number of ether oxygens (including phenoxy) is 7. The van der Waals surface area contributed by atoms with Crippen LogP contribution in [0.2, 0.25) is 0 Å². The van der Waals surface area contributed by atoms with Crippen LogP contribution in [0.15, 0.2) is 36.1 Å². The number of aliphatic hydroxyl groups excluding tert-OH is 2. The molecule has 12 heteroatoms. The van der Waals surface area contributed by atoms with Crippen LogP contribution in [-0.2, 0) is 42.7 Å². The smallest absolute Gasteiger partial charge is 0.330 e. The van der Waals surface area contributed by atoms with Crippen molar-refractivity contribution in [1.29, 1.82) is 0 Å². The Hall–Kier alpha value is -2.32. The molecule has 50 heavy (non-hydrogen) atoms. The highest BCUT2D eigenvalue weighted by atomic mass is 16.7. The maximum atomic E-state index is 13.3. The molecular formula is C38H60O12. The van der Waals surface area contributed by atoms with Crippen LogP contribution in [-0.4, -0.2) is 102 Å². The molecule has 4 heterocycles. The van der Waals surface area contributed by atoms with E-state index in [0.717, 1.165) is 44.9 Å². The average molecular weight is 709 g/mol. The lowest BCUT2D eigenvalue weighted by atomic mass is 9.74. The van der Waals surface area contributed by atoms with Crippen LogP contribution >= 0.6 is 0 Å². The predicted molar refractivity (Wildman–Crippen MR) is 183 cm³/mol. The number of carbonyl (C=O) groups excluding carboxylic acids is 2. The molecule has 4 aliphatic rings. The van der Waals surface area contributed by atoms with Crippen LogP contribution in [0.1, 0.15) is 111 Å². The van der Waals surface area contributed by atoms with Gasteiger partial charge in [0, 0.05) is 37.2 Å². The second-order valence-corrected chi connectivity index (χ2v) is 14.8. The minimum atomic E-state index is -2.18. The molecule has 0 spiro atoms. The van der Waals surface area contributed by atoms with Crippen molar-refractivity contribution >= 4 is 11.9 Å². The molecule has 0 saturated carbocycles. The van der Waals surface area contributed by atoms with Gasteiger partial charge in [-0.05, 0) is 50.2 Å². The molecule has 12 nitrogen and oxygen atoms in total. The Balaban J connectivity index is 1.66. The number of fused-ring (bicyclic) bond motifs is 6. The first kappa shape index (κ1) is 40.5. The van der Waals surface area contributed by atoms with E-state index in [1.807, 2.05) is 0 Å². The summed E-state index contributed by atoms with van der Waals surface area (Å²) in [7, 11) is 1.25. The number of methoxy groups -OCH3 is 1. The summed E-state index contributed by atoms with van der Waals surface area (Å²) in [4.78, 5) is 25.9. The minimum absolute atomic E-state index is 0.0343. The molecule has 0 aliphatic carbocycles. The zero-order valence-corrected chi connectivity index (χ0v) is 30.4. The number of hydrogen-bond acceptors (Lipinski definition) is 12. The van der Waals surface area contributed by atoms with Gasteiger partial charge < -0.3 is 48.5 Å². The Morgan fingerprint density at radius 2 is 1.76 bits per heavy atom. The zero-order valence-electron chi connectivity index (χ0n) is 30.4. The summed E-state index contributed by atoms with van der Waals surface area (Å²) in [6.07, 6.45) is 8.84. The Morgan fingerprint density at radius 1 is 1.02 bits per heavy atom. The van der Waals surface area contributed by atoms with Gasteiger partial charge in [-0.2, -0.15) is 0 Å². The third-order valence-electron chi connectivity index (χ3n) is 10.1. The normalized spacial score (nSPS) is 36.6. The maximum absolute atomic E-state index is 13.3. The summed E-state index contributed by atoms with van der Waals surface area (Å²) in [5.74, 6) is -3.08. The lowest BCUT2D eigenvalue weighted by molar-refractivity contribution is -0.327. The Kier molecular flexibility index (Phi) is 15.3. The second-order valence-electron chi connectivity index (χ2n) is 14.8. The van der Waals surface area contributed by atoms with Gasteiger partial charge >= 0.3 is 11.9 Å². The van der Waals surface area contributed by atoms with Crippen molar-refractivity contribution in [3.8, 4) is 0 Å². The average Bonchev–Trinajstić information content (AvgIpc) is 3.51. The standard InChI is InChI=1S/C38H60O12/c1-6-7-8-9-10-14-33(41)49-36-26(19-34(42)44-5)18-30-22-31(23-39)46-25(2)17-27(40)20-28-12-11-13-29(47-28)21-32-24-45-35(48-32)15-16-37(3,4)38(36,43)50-30/h15-16,19,27-32,35-36,39-40,43H,2,6-14,17-18,20-24H2,1,3-5H3/b16-15+,26-19+/t27-,28-,29+,30?,31+,32+,35-,36-,38+/m0/s1. The van der Waals surface area contributed by atoms with E-state index in [1.165, 1.54) is 13.2 Å². The quantitative estimate of drug-likeness (QED) is 0.129. The molecule has 0 radical (unpaired) electrons. The van der Waals surface area contributed by atoms with Gasteiger partial charge in [0.1, 0.15) is 6.10 Å². The van der Waals surface area contributed by atoms with Gasteiger partial charge in [0.15, 0.2) is 12.4 Å². The third kappa shape index (κ3) is 11.3. The van der Waals surface area contributed by atoms with Crippen molar-refractivity contribution in [2.75, 3.05) is 20.3 Å². The number of unbranched alkanes of at least 4 members (excludes halogenated alkanes) is 4. The molecule has 0 aromatic heterocycles. The van der Waals surface area contributed by atoms with E-state index in [-0.39, 0.29) is 44.0 Å². The van der Waals surface area contributed by atoms with Gasteiger partial charge in [-0.25, -0.2) is 4.79 Å². The molecule has 4 aliphatic heterocycles. The van der Waals surface area contributed by atoms with E-state index in [4.69, 9.17) is 33.2 Å². The van der Waals surface area contributed by atoms with Crippen LogP contribution in [0.4, 0.5) is 0 Å². The van der Waals surface area contributed by atoms with Crippen molar-refractivity contribution < 1.29 is 58.1 Å². The first-order chi connectivity index (χ1) is 23.8. The van der Waals surface area contributed by atoms with Gasteiger partial charge in [-0.1, -0.05) is 59.1 Å². The van der Waals surface area contributed by atoms with E-state index in [1.54, 1.807) is 26.0 Å². The number of carbonyl (C=O) groups is 2. The Labute approximate surface area is 297 Å². The van der Waals surface area contributed by atoms with Crippen molar-refractivity contribution in [3.05, 3.63) is 36.1 Å². The molecule has 0 amide bonds. The molecule has 284 valence electrons. The molecule has 0 aromatic carbocycles. The van der Waals surface area contributed by atoms with E-state index in [2.05, 4.69) is 13.5 Å². The Morgan fingerprint density at radius 3 is 2.48 bits per heavy atom. The number of esters is 2. The lowest BCUT2D eigenvalue weighted by Gasteiger charge is -2.51. The second kappa shape index (κ2) is 19.0. The summed E-state index contributed by atoms with van der Waals surface area (Å²) >= 11 is 0. The van der Waals surface area contributed by atoms with E-state index in [0.29, 0.717) is 37.2 Å². The van der Waals surface area contributed by atoms with Crippen LogP contribution in [0.25, 0.3) is 0 Å². The largest absolute Gasteiger partial charge is 0.493 e. The first-order valence-corrected chi connectivity index (χ1v) is 18.5. The summed E-state index contributed by atoms with van der Waals surface area (Å²) in [6, 6.07) is 0. The summed E-state index contributed by atoms with van der Waals surface area (Å²) in [6.45, 7) is 9.57. The topological polar surface area (TPSA) is 159 Å². The molecule has 4 rings (SSSR count). The number of aliphatic hydroxyl groups is 3. The monoisotopic (exact) mass is 708 g/mol. The fourth-order valence-electron chi connectivity index (χ4n) is 7.31. The van der Waals surface area contributed by atoms with Crippen LogP contribution in [0.3, 0.4) is 0 Å². The van der Waals surface area contributed by atoms with Gasteiger partial charge in [-0.15, -0.1) is 0 Å². The molecule has 3 N–H and O–H groups in total. The summed E-state index contributed by atoms with van der Waals surface area (Å²) in [5, 5.41) is 33.8. The van der Waals surface area contributed by atoms with Gasteiger partial charge in [0.2, 0.25) is 5.79 Å². The first-order valence-electron chi connectivity index (χ1n) is 18.5. The number of hydrogen-bond donors (Lipinski definition) is 3. The van der Waals surface area contributed by atoms with Crippen LogP contribution in [0.5, 0.6) is 0 Å². The maximum Gasteiger partial charge on any atom is 0.330 e. The molecule has 0 aromatic rings. The fraction of sp³-hybridized carbons (Fsp3) is 0.789.